The van der Waals surface area contributed by atoms with Gasteiger partial charge in [0.25, 0.3) is 5.91 Å². The van der Waals surface area contributed by atoms with Crippen LogP contribution < -0.4 is 20.1 Å². The standard InChI is InChI=1S/C26H24F6N6O5S/c1-14(38-12-10-37(2)11-13-38)20(39)33-18-17(43-26(30,31)32)9-8-16(19(18)42-23(41)25(27,28)29)21(40)34-24-36-35-22(44-24)15-6-4-3-5-7-15/h3-9,14H,10-13H2,1-2H3,(H,33,39)(H,34,36,40). The highest BCUT2D eigenvalue weighted by Gasteiger charge is 2.43. The van der Waals surface area contributed by atoms with Gasteiger partial charge >= 0.3 is 18.5 Å². The summed E-state index contributed by atoms with van der Waals surface area (Å²) in [5.41, 5.74) is -1.31. The van der Waals surface area contributed by atoms with Crippen molar-refractivity contribution in [2.24, 2.45) is 0 Å². The van der Waals surface area contributed by atoms with Crippen molar-refractivity contribution in [3.05, 3.63) is 48.0 Å². The summed E-state index contributed by atoms with van der Waals surface area (Å²) in [6, 6.07) is 8.88. The van der Waals surface area contributed by atoms with E-state index < -0.39 is 59.1 Å². The largest absolute Gasteiger partial charge is 0.573 e. The molecule has 0 saturated carbocycles. The number of alkyl halides is 6. The zero-order chi connectivity index (χ0) is 32.2. The van der Waals surface area contributed by atoms with Crippen LogP contribution in [0.4, 0.5) is 37.2 Å². The number of rotatable bonds is 8. The van der Waals surface area contributed by atoms with Gasteiger partial charge in [-0.2, -0.15) is 13.2 Å². The molecule has 18 heteroatoms. The van der Waals surface area contributed by atoms with E-state index in [0.717, 1.165) is 11.3 Å². The molecule has 2 heterocycles. The van der Waals surface area contributed by atoms with E-state index in [4.69, 9.17) is 0 Å². The van der Waals surface area contributed by atoms with Crippen molar-refractivity contribution in [1.82, 2.24) is 20.0 Å². The number of nitrogens with one attached hydrogen (secondary N) is 2. The molecule has 1 fully saturated rings. The zero-order valence-electron chi connectivity index (χ0n) is 23.0. The Balaban J connectivity index is 1.73. The van der Waals surface area contributed by atoms with Crippen LogP contribution in [0.15, 0.2) is 42.5 Å². The van der Waals surface area contributed by atoms with E-state index in [2.05, 4.69) is 30.3 Å². The number of carbonyl (C=O) groups excluding carboxylic acids is 3. The predicted molar refractivity (Wildman–Crippen MR) is 145 cm³/mol. The maximum atomic E-state index is 13.3. The third kappa shape index (κ3) is 8.20. The van der Waals surface area contributed by atoms with Gasteiger partial charge in [0.15, 0.2) is 11.5 Å². The Kier molecular flexibility index (Phi) is 9.75. The van der Waals surface area contributed by atoms with Crippen LogP contribution in [0.3, 0.4) is 0 Å². The maximum absolute atomic E-state index is 13.3. The number of nitrogens with zero attached hydrogens (tertiary/aromatic N) is 4. The van der Waals surface area contributed by atoms with E-state index in [0.29, 0.717) is 48.9 Å². The highest BCUT2D eigenvalue weighted by molar-refractivity contribution is 7.18. The van der Waals surface area contributed by atoms with Crippen molar-refractivity contribution in [3.63, 3.8) is 0 Å². The molecule has 2 N–H and O–H groups in total. The molecule has 3 aromatic rings. The molecule has 1 aliphatic rings. The van der Waals surface area contributed by atoms with Gasteiger partial charge in [0.2, 0.25) is 11.0 Å². The molecule has 0 spiro atoms. The number of piperazine rings is 1. The fourth-order valence-electron chi connectivity index (χ4n) is 4.07. The van der Waals surface area contributed by atoms with Gasteiger partial charge in [0, 0.05) is 31.7 Å². The lowest BCUT2D eigenvalue weighted by Crippen LogP contribution is -2.51. The number of benzene rings is 2. The Hall–Kier alpha value is -4.29. The highest BCUT2D eigenvalue weighted by Crippen LogP contribution is 2.42. The lowest BCUT2D eigenvalue weighted by atomic mass is 10.1. The monoisotopic (exact) mass is 646 g/mol. The minimum Gasteiger partial charge on any atom is -0.417 e. The van der Waals surface area contributed by atoms with Gasteiger partial charge in [-0.15, -0.1) is 23.4 Å². The predicted octanol–water partition coefficient (Wildman–Crippen LogP) is 4.40. The summed E-state index contributed by atoms with van der Waals surface area (Å²) >= 11 is 0.885. The summed E-state index contributed by atoms with van der Waals surface area (Å²) in [4.78, 5) is 42.0. The molecule has 2 aromatic carbocycles. The van der Waals surface area contributed by atoms with Crippen molar-refractivity contribution >= 4 is 39.9 Å². The molecule has 236 valence electrons. The zero-order valence-corrected chi connectivity index (χ0v) is 23.8. The van der Waals surface area contributed by atoms with Crippen LogP contribution in [0.25, 0.3) is 10.6 Å². The summed E-state index contributed by atoms with van der Waals surface area (Å²) in [7, 11) is 1.85. The van der Waals surface area contributed by atoms with E-state index in [-0.39, 0.29) is 5.13 Å². The van der Waals surface area contributed by atoms with Crippen LogP contribution >= 0.6 is 11.3 Å². The third-order valence-corrected chi connectivity index (χ3v) is 7.28. The van der Waals surface area contributed by atoms with Crippen molar-refractivity contribution in [2.45, 2.75) is 25.5 Å². The molecular weight excluding hydrogens is 622 g/mol. The Morgan fingerprint density at radius 2 is 1.59 bits per heavy atom. The second kappa shape index (κ2) is 13.1. The smallest absolute Gasteiger partial charge is 0.417 e. The van der Waals surface area contributed by atoms with Crippen molar-refractivity contribution in [1.29, 1.82) is 0 Å². The maximum Gasteiger partial charge on any atom is 0.573 e. The minimum atomic E-state index is -5.62. The number of likely N-dealkylation sites (N-methyl/N-ethyl adjacent to an activating group) is 1. The molecule has 1 saturated heterocycles. The first-order valence-electron chi connectivity index (χ1n) is 12.8. The topological polar surface area (TPSA) is 126 Å². The molecule has 1 unspecified atom stereocenters. The number of hydrogen-bond acceptors (Lipinski definition) is 10. The average Bonchev–Trinajstić information content (AvgIpc) is 3.42. The van der Waals surface area contributed by atoms with E-state index in [1.54, 1.807) is 35.2 Å². The minimum absolute atomic E-state index is 0.133. The van der Waals surface area contributed by atoms with Crippen molar-refractivity contribution in [2.75, 3.05) is 43.9 Å². The number of carbonyl (C=O) groups is 3. The fraction of sp³-hybridized carbons (Fsp3) is 0.346. The number of esters is 1. The normalized spacial score (nSPS) is 15.4. The van der Waals surface area contributed by atoms with E-state index in [9.17, 15) is 40.7 Å². The molecular formula is C26H24F6N6O5S. The number of halogens is 6. The molecule has 0 aliphatic carbocycles. The molecule has 1 atom stereocenters. The lowest BCUT2D eigenvalue weighted by molar-refractivity contribution is -0.274. The van der Waals surface area contributed by atoms with Crippen molar-refractivity contribution in [3.8, 4) is 22.1 Å². The third-order valence-electron chi connectivity index (χ3n) is 6.40. The quantitative estimate of drug-likeness (QED) is 0.208. The van der Waals surface area contributed by atoms with E-state index in [1.807, 2.05) is 11.9 Å². The molecule has 4 rings (SSSR count). The van der Waals surface area contributed by atoms with Crippen LogP contribution in [0.5, 0.6) is 11.5 Å². The highest BCUT2D eigenvalue weighted by atomic mass is 32.1. The molecule has 2 amide bonds. The number of amides is 2. The summed E-state index contributed by atoms with van der Waals surface area (Å²) in [6.07, 6.45) is -11.0. The Labute approximate surface area is 249 Å². The lowest BCUT2D eigenvalue weighted by Gasteiger charge is -2.35. The van der Waals surface area contributed by atoms with Gasteiger partial charge in [-0.05, 0) is 26.1 Å². The molecule has 0 radical (unpaired) electrons. The van der Waals surface area contributed by atoms with Gasteiger partial charge in [-0.3, -0.25) is 19.8 Å². The van der Waals surface area contributed by atoms with Crippen LogP contribution in [0, 0.1) is 0 Å². The summed E-state index contributed by atoms with van der Waals surface area (Å²) in [5.74, 6) is -7.59. The van der Waals surface area contributed by atoms with Gasteiger partial charge in [-0.1, -0.05) is 41.7 Å². The van der Waals surface area contributed by atoms with Gasteiger partial charge < -0.3 is 19.7 Å². The summed E-state index contributed by atoms with van der Waals surface area (Å²) in [5, 5.41) is 12.3. The van der Waals surface area contributed by atoms with Gasteiger partial charge in [-0.25, -0.2) is 4.79 Å². The summed E-state index contributed by atoms with van der Waals surface area (Å²) < 4.78 is 88.0. The van der Waals surface area contributed by atoms with Crippen LogP contribution in [0.1, 0.15) is 17.3 Å². The van der Waals surface area contributed by atoms with Gasteiger partial charge in [0.1, 0.15) is 10.7 Å². The molecule has 44 heavy (non-hydrogen) atoms. The Bertz CT molecular complexity index is 1510. The van der Waals surface area contributed by atoms with Crippen LogP contribution in [-0.2, 0) is 9.59 Å². The molecule has 0 bridgehead atoms. The Morgan fingerprint density at radius 3 is 2.20 bits per heavy atom. The molecule has 11 nitrogen and oxygen atoms in total. The SMILES string of the molecule is CC(C(=O)Nc1c(OC(F)(F)F)ccc(C(=O)Nc2nnc(-c3ccccc3)s2)c1OC(=O)C(F)(F)F)N1CCN(C)CC1. The first-order valence-corrected chi connectivity index (χ1v) is 13.6. The number of anilines is 2. The van der Waals surface area contributed by atoms with Gasteiger partial charge in [0.05, 0.1) is 11.6 Å². The second-order valence-electron chi connectivity index (χ2n) is 9.49. The van der Waals surface area contributed by atoms with Crippen LogP contribution in [0.2, 0.25) is 0 Å². The van der Waals surface area contributed by atoms with E-state index in [1.165, 1.54) is 6.92 Å². The first kappa shape index (κ1) is 32.6. The average molecular weight is 647 g/mol. The molecule has 1 aliphatic heterocycles. The van der Waals surface area contributed by atoms with E-state index >= 15 is 0 Å². The number of ether oxygens (including phenoxy) is 2. The summed E-state index contributed by atoms with van der Waals surface area (Å²) in [6.45, 7) is 3.39. The number of aromatic nitrogens is 2. The van der Waals surface area contributed by atoms with Crippen molar-refractivity contribution < 1.29 is 50.2 Å². The Morgan fingerprint density at radius 1 is 0.932 bits per heavy atom. The second-order valence-corrected chi connectivity index (χ2v) is 10.5. The first-order chi connectivity index (χ1) is 20.6. The van der Waals surface area contributed by atoms with Crippen LogP contribution in [-0.4, -0.2) is 89.6 Å². The number of hydrogen-bond donors (Lipinski definition) is 2. The molecule has 1 aromatic heterocycles. The fourth-order valence-corrected chi connectivity index (χ4v) is 4.81.